The fraction of sp³-hybridized carbons (Fsp3) is 0.216. The number of pyridine rings is 4. The summed E-state index contributed by atoms with van der Waals surface area (Å²) in [5, 5.41) is 6.17. The molecular weight excluding hydrogens is 558 g/mol. The van der Waals surface area contributed by atoms with Crippen LogP contribution < -0.4 is 5.32 Å². The van der Waals surface area contributed by atoms with Crippen molar-refractivity contribution in [2.75, 3.05) is 7.05 Å². The number of hydrogen-bond donors (Lipinski definition) is 3. The first kappa shape index (κ1) is 37.7. The van der Waals surface area contributed by atoms with E-state index in [0.717, 1.165) is 22.4 Å². The van der Waals surface area contributed by atoms with Crippen molar-refractivity contribution < 1.29 is 4.79 Å². The summed E-state index contributed by atoms with van der Waals surface area (Å²) >= 11 is 0. The molecule has 0 spiro atoms. The molecule has 45 heavy (non-hydrogen) atoms. The van der Waals surface area contributed by atoms with E-state index in [-0.39, 0.29) is 28.2 Å². The molecule has 6 aromatic heterocycles. The molecule has 6 heterocycles. The van der Waals surface area contributed by atoms with Gasteiger partial charge in [-0.15, -0.1) is 0 Å². The van der Waals surface area contributed by atoms with Crippen molar-refractivity contribution in [1.29, 1.82) is 0 Å². The molecule has 7 rings (SSSR count). The summed E-state index contributed by atoms with van der Waals surface area (Å²) < 4.78 is 0. The number of amides is 1. The highest BCUT2D eigenvalue weighted by molar-refractivity contribution is 5.92. The molecule has 0 bridgehead atoms. The minimum Gasteiger partial charge on any atom is -0.354 e. The van der Waals surface area contributed by atoms with Crippen molar-refractivity contribution in [2.24, 2.45) is 0 Å². The zero-order valence-electron chi connectivity index (χ0n) is 24.5. The van der Waals surface area contributed by atoms with Gasteiger partial charge in [0.25, 0.3) is 5.91 Å². The Morgan fingerprint density at radius 1 is 0.622 bits per heavy atom. The quantitative estimate of drug-likeness (QED) is 0.173. The number of fused-ring (bicyclic) bond motifs is 3. The summed E-state index contributed by atoms with van der Waals surface area (Å²) in [5.74, 6) is -0.145. The highest BCUT2D eigenvalue weighted by Crippen LogP contribution is 2.15. The Balaban J connectivity index is 0.000000294. The second-order valence-electron chi connectivity index (χ2n) is 9.68. The molecule has 1 aromatic carbocycles. The van der Waals surface area contributed by atoms with Crippen LogP contribution in [0, 0.1) is 27.7 Å². The number of para-hydroxylation sites is 1. The van der Waals surface area contributed by atoms with Crippen LogP contribution in [0.5, 0.6) is 0 Å². The van der Waals surface area contributed by atoms with Crippen LogP contribution in [0.3, 0.4) is 0 Å². The molecule has 8 nitrogen and oxygen atoms in total. The van der Waals surface area contributed by atoms with E-state index in [2.05, 4.69) is 68.1 Å². The molecule has 3 N–H and O–H groups in total. The van der Waals surface area contributed by atoms with E-state index in [1.807, 2.05) is 80.2 Å². The SMILES string of the molecule is C.C.C.CNC(=O)c1cc(C)ccn1.Cc1c[nH]c2ncccc12.Cc1ccnc2[nH]ccc12.Cc1ccnc2ccccc12. The van der Waals surface area contributed by atoms with E-state index in [9.17, 15) is 4.79 Å². The van der Waals surface area contributed by atoms with Gasteiger partial charge in [0, 0.05) is 60.4 Å². The second-order valence-corrected chi connectivity index (χ2v) is 9.68. The fourth-order valence-electron chi connectivity index (χ4n) is 4.22. The molecule has 7 aromatic rings. The molecule has 0 aliphatic carbocycles. The van der Waals surface area contributed by atoms with Crippen molar-refractivity contribution in [3.8, 4) is 0 Å². The van der Waals surface area contributed by atoms with Crippen molar-refractivity contribution in [2.45, 2.75) is 50.0 Å². The van der Waals surface area contributed by atoms with Gasteiger partial charge in [-0.2, -0.15) is 0 Å². The number of H-pyrrole nitrogens is 2. The van der Waals surface area contributed by atoms with Crippen LogP contribution in [-0.4, -0.2) is 42.9 Å². The molecule has 0 atom stereocenters. The van der Waals surface area contributed by atoms with E-state index in [0.29, 0.717) is 5.69 Å². The van der Waals surface area contributed by atoms with Crippen LogP contribution in [-0.2, 0) is 0 Å². The van der Waals surface area contributed by atoms with Gasteiger partial charge in [-0.1, -0.05) is 40.5 Å². The van der Waals surface area contributed by atoms with Crippen LogP contribution in [0.15, 0.2) is 104 Å². The van der Waals surface area contributed by atoms with Gasteiger partial charge in [0.15, 0.2) is 0 Å². The van der Waals surface area contributed by atoms with Gasteiger partial charge < -0.3 is 15.3 Å². The number of benzene rings is 1. The normalized spacial score (nSPS) is 9.44. The lowest BCUT2D eigenvalue weighted by molar-refractivity contribution is 0.0958. The van der Waals surface area contributed by atoms with Crippen LogP contribution in [0.1, 0.15) is 55.0 Å². The van der Waals surface area contributed by atoms with E-state index in [1.165, 1.54) is 32.8 Å². The molecule has 236 valence electrons. The molecule has 8 heteroatoms. The Bertz CT molecular complexity index is 1890. The number of carbonyl (C=O) groups excluding carboxylic acids is 1. The van der Waals surface area contributed by atoms with Gasteiger partial charge in [0.1, 0.15) is 17.0 Å². The Labute approximate surface area is 267 Å². The highest BCUT2D eigenvalue weighted by Gasteiger charge is 2.02. The molecule has 0 saturated heterocycles. The largest absolute Gasteiger partial charge is 0.354 e. The van der Waals surface area contributed by atoms with Gasteiger partial charge in [-0.25, -0.2) is 9.97 Å². The number of aromatic nitrogens is 6. The molecular formula is C37H47N7O. The molecule has 0 unspecified atom stereocenters. The maximum Gasteiger partial charge on any atom is 0.269 e. The lowest BCUT2D eigenvalue weighted by Crippen LogP contribution is -2.19. The zero-order chi connectivity index (χ0) is 29.9. The minimum atomic E-state index is -0.145. The van der Waals surface area contributed by atoms with E-state index in [4.69, 9.17) is 0 Å². The Morgan fingerprint density at radius 3 is 1.89 bits per heavy atom. The minimum absolute atomic E-state index is 0. The van der Waals surface area contributed by atoms with Crippen LogP contribution in [0.25, 0.3) is 33.0 Å². The van der Waals surface area contributed by atoms with Gasteiger partial charge in [0.2, 0.25) is 0 Å². The van der Waals surface area contributed by atoms with Crippen LogP contribution in [0.2, 0.25) is 0 Å². The topological polar surface area (TPSA) is 112 Å². The fourth-order valence-corrected chi connectivity index (χ4v) is 4.22. The van der Waals surface area contributed by atoms with Gasteiger partial charge >= 0.3 is 0 Å². The summed E-state index contributed by atoms with van der Waals surface area (Å²) in [6.45, 7) is 8.18. The van der Waals surface area contributed by atoms with Crippen LogP contribution >= 0.6 is 0 Å². The lowest BCUT2D eigenvalue weighted by Gasteiger charge is -1.98. The number of aryl methyl sites for hydroxylation is 4. The summed E-state index contributed by atoms with van der Waals surface area (Å²) in [6.07, 6.45) is 11.0. The number of nitrogens with one attached hydrogen (secondary N) is 3. The molecule has 0 aliphatic heterocycles. The first-order chi connectivity index (χ1) is 20.4. The average molecular weight is 606 g/mol. The molecule has 1 amide bonds. The standard InChI is InChI=1S/C10H9N.C8H10N2O.2C8H8N2.3CH4/c1-8-6-7-11-10-5-3-2-4-9(8)10;1-6-3-4-10-7(5-6)8(11)9-2;1-6-2-4-9-8-7(6)3-5-10-8;1-6-5-10-8-7(6)3-2-4-9-8;;;/h2-7H,1H3;3-5H,1-2H3,(H,9,11);2*2-5H,1H3,(H,9,10);3*1H4. The third-order valence-electron chi connectivity index (χ3n) is 6.58. The van der Waals surface area contributed by atoms with Crippen molar-refractivity contribution in [3.63, 3.8) is 0 Å². The number of nitrogens with zero attached hydrogens (tertiary/aromatic N) is 4. The number of aromatic amines is 2. The summed E-state index contributed by atoms with van der Waals surface area (Å²) in [7, 11) is 1.59. The summed E-state index contributed by atoms with van der Waals surface area (Å²) in [5.41, 5.74) is 8.34. The third kappa shape index (κ3) is 10.1. The highest BCUT2D eigenvalue weighted by atomic mass is 16.1. The maximum atomic E-state index is 11.0. The number of rotatable bonds is 1. The van der Waals surface area contributed by atoms with E-state index < -0.39 is 0 Å². The van der Waals surface area contributed by atoms with Crippen molar-refractivity contribution in [3.05, 3.63) is 132 Å². The van der Waals surface area contributed by atoms with E-state index >= 15 is 0 Å². The Kier molecular flexibility index (Phi) is 15.3. The first-order valence-corrected chi connectivity index (χ1v) is 13.6. The molecule has 0 aliphatic rings. The monoisotopic (exact) mass is 605 g/mol. The zero-order valence-corrected chi connectivity index (χ0v) is 24.5. The second kappa shape index (κ2) is 18.3. The van der Waals surface area contributed by atoms with Gasteiger partial charge in [0.05, 0.1) is 5.52 Å². The predicted molar refractivity (Wildman–Crippen MR) is 191 cm³/mol. The predicted octanol–water partition coefficient (Wildman–Crippen LogP) is 8.94. The van der Waals surface area contributed by atoms with Crippen LogP contribution in [0.4, 0.5) is 0 Å². The van der Waals surface area contributed by atoms with E-state index in [1.54, 1.807) is 25.5 Å². The molecule has 0 fully saturated rings. The lowest BCUT2D eigenvalue weighted by atomic mass is 10.1. The van der Waals surface area contributed by atoms with Crippen molar-refractivity contribution in [1.82, 2.24) is 35.2 Å². The third-order valence-corrected chi connectivity index (χ3v) is 6.58. The smallest absolute Gasteiger partial charge is 0.269 e. The summed E-state index contributed by atoms with van der Waals surface area (Å²) in [4.78, 5) is 33.6. The Morgan fingerprint density at radius 2 is 1.22 bits per heavy atom. The molecule has 0 radical (unpaired) electrons. The summed E-state index contributed by atoms with van der Waals surface area (Å²) in [6, 6.07) is 21.9. The van der Waals surface area contributed by atoms with Crippen molar-refractivity contribution >= 4 is 38.9 Å². The first-order valence-electron chi connectivity index (χ1n) is 13.6. The number of hydrogen-bond acceptors (Lipinski definition) is 5. The molecule has 0 saturated carbocycles. The number of carbonyl (C=O) groups is 1. The van der Waals surface area contributed by atoms with Gasteiger partial charge in [-0.05, 0) is 98.5 Å². The maximum absolute atomic E-state index is 11.0. The Hall–Kier alpha value is -5.37. The van der Waals surface area contributed by atoms with Gasteiger partial charge in [-0.3, -0.25) is 14.8 Å². The average Bonchev–Trinajstić information content (AvgIpc) is 3.66.